The van der Waals surface area contributed by atoms with Crippen LogP contribution in [0, 0.1) is 6.92 Å². The second-order valence-corrected chi connectivity index (χ2v) is 10.6. The molecule has 7 heteroatoms. The zero-order valence-corrected chi connectivity index (χ0v) is 23.2. The summed E-state index contributed by atoms with van der Waals surface area (Å²) in [5.41, 5.74) is 6.50. The average molecular weight is 542 g/mol. The number of benzene rings is 3. The van der Waals surface area contributed by atoms with Gasteiger partial charge in [-0.25, -0.2) is 0 Å². The molecule has 0 radical (unpaired) electrons. The van der Waals surface area contributed by atoms with Gasteiger partial charge in [0.25, 0.3) is 5.91 Å². The molecule has 1 amide bonds. The van der Waals surface area contributed by atoms with E-state index in [9.17, 15) is 9.59 Å². The number of aromatic nitrogens is 2. The van der Waals surface area contributed by atoms with Crippen LogP contribution in [0.4, 0.5) is 0 Å². The maximum absolute atomic E-state index is 13.4. The van der Waals surface area contributed by atoms with Crippen LogP contribution in [0.1, 0.15) is 56.2 Å². The van der Waals surface area contributed by atoms with Gasteiger partial charge >= 0.3 is 0 Å². The predicted octanol–water partition coefficient (Wildman–Crippen LogP) is 6.50. The highest BCUT2D eigenvalue weighted by molar-refractivity contribution is 6.31. The second kappa shape index (κ2) is 11.5. The van der Waals surface area contributed by atoms with Crippen molar-refractivity contribution in [2.75, 3.05) is 20.2 Å². The van der Waals surface area contributed by atoms with Crippen molar-refractivity contribution in [3.8, 4) is 16.9 Å². The number of piperidine rings is 1. The summed E-state index contributed by atoms with van der Waals surface area (Å²) in [6, 6.07) is 19.3. The third kappa shape index (κ3) is 6.07. The molecule has 0 aliphatic carbocycles. The first-order valence-electron chi connectivity index (χ1n) is 13.2. The molecule has 5 rings (SSSR count). The highest BCUT2D eigenvalue weighted by Gasteiger charge is 2.25. The molecule has 2 heterocycles. The Hall–Kier alpha value is -3.90. The number of aryl methyl sites for hydroxylation is 2. The van der Waals surface area contributed by atoms with E-state index in [4.69, 9.17) is 16.3 Å². The highest BCUT2D eigenvalue weighted by atomic mass is 35.5. The molecule has 0 saturated carbocycles. The SMILES string of the molecule is COc1cc(Cl)cc(C(=O)Cc2cc(C(=O)N3CCC(c4ccc(-c5cnn(C)c5)cc4)CC3)ccc2C)c1. The Morgan fingerprint density at radius 2 is 1.72 bits per heavy atom. The van der Waals surface area contributed by atoms with Crippen LogP contribution in [-0.4, -0.2) is 46.6 Å². The van der Waals surface area contributed by atoms with E-state index in [0.29, 0.717) is 40.9 Å². The van der Waals surface area contributed by atoms with Crippen LogP contribution in [0.5, 0.6) is 5.75 Å². The second-order valence-electron chi connectivity index (χ2n) is 10.2. The van der Waals surface area contributed by atoms with Gasteiger partial charge in [0.05, 0.1) is 13.3 Å². The zero-order chi connectivity index (χ0) is 27.5. The largest absolute Gasteiger partial charge is 0.497 e. The van der Waals surface area contributed by atoms with Crippen molar-refractivity contribution in [1.29, 1.82) is 0 Å². The molecule has 1 aliphatic heterocycles. The number of hydrogen-bond acceptors (Lipinski definition) is 4. The molecule has 39 heavy (non-hydrogen) atoms. The minimum atomic E-state index is -0.0705. The lowest BCUT2D eigenvalue weighted by atomic mass is 9.88. The first kappa shape index (κ1) is 26.7. The molecule has 0 atom stereocenters. The van der Waals surface area contributed by atoms with Gasteiger partial charge in [0.1, 0.15) is 5.75 Å². The lowest BCUT2D eigenvalue weighted by Crippen LogP contribution is -2.38. The minimum Gasteiger partial charge on any atom is -0.497 e. The van der Waals surface area contributed by atoms with Crippen molar-refractivity contribution in [2.24, 2.45) is 7.05 Å². The van der Waals surface area contributed by atoms with Crippen molar-refractivity contribution >= 4 is 23.3 Å². The van der Waals surface area contributed by atoms with Crippen molar-refractivity contribution in [3.63, 3.8) is 0 Å². The first-order chi connectivity index (χ1) is 18.8. The lowest BCUT2D eigenvalue weighted by Gasteiger charge is -2.32. The summed E-state index contributed by atoms with van der Waals surface area (Å²) >= 11 is 6.16. The molecular formula is C32H32ClN3O3. The van der Waals surface area contributed by atoms with Crippen LogP contribution in [-0.2, 0) is 13.5 Å². The van der Waals surface area contributed by atoms with Crippen LogP contribution in [0.2, 0.25) is 5.02 Å². The standard InChI is InChI=1S/C32H32ClN3O3/c1-21-4-5-25(14-26(21)17-31(37)27-15-29(33)18-30(16-27)39-3)32(38)36-12-10-24(11-13-36)22-6-8-23(9-7-22)28-19-34-35(2)20-28/h4-9,14-16,18-20,24H,10-13,17H2,1-3H3. The number of likely N-dealkylation sites (tertiary alicyclic amines) is 1. The number of hydrogen-bond donors (Lipinski definition) is 0. The first-order valence-corrected chi connectivity index (χ1v) is 13.5. The van der Waals surface area contributed by atoms with E-state index in [-0.39, 0.29) is 18.1 Å². The van der Waals surface area contributed by atoms with E-state index < -0.39 is 0 Å². The Labute approximate surface area is 234 Å². The Morgan fingerprint density at radius 1 is 0.974 bits per heavy atom. The smallest absolute Gasteiger partial charge is 0.253 e. The fraction of sp³-hybridized carbons (Fsp3) is 0.281. The topological polar surface area (TPSA) is 64.4 Å². The molecule has 0 bridgehead atoms. The summed E-state index contributed by atoms with van der Waals surface area (Å²) in [5, 5.41) is 4.71. The van der Waals surface area contributed by atoms with Gasteiger partial charge in [-0.1, -0.05) is 41.9 Å². The molecular weight excluding hydrogens is 510 g/mol. The zero-order valence-electron chi connectivity index (χ0n) is 22.5. The predicted molar refractivity (Wildman–Crippen MR) is 154 cm³/mol. The summed E-state index contributed by atoms with van der Waals surface area (Å²) in [7, 11) is 3.46. The summed E-state index contributed by atoms with van der Waals surface area (Å²) in [5.74, 6) is 0.912. The fourth-order valence-corrected chi connectivity index (χ4v) is 5.45. The molecule has 6 nitrogen and oxygen atoms in total. The molecule has 1 fully saturated rings. The van der Waals surface area contributed by atoms with Crippen molar-refractivity contribution < 1.29 is 14.3 Å². The number of nitrogens with zero attached hydrogens (tertiary/aromatic N) is 3. The summed E-state index contributed by atoms with van der Waals surface area (Å²) in [6.07, 6.45) is 5.92. The van der Waals surface area contributed by atoms with E-state index in [0.717, 1.165) is 35.1 Å². The Kier molecular flexibility index (Phi) is 7.84. The molecule has 1 aliphatic rings. The van der Waals surface area contributed by atoms with E-state index in [1.165, 1.54) is 5.56 Å². The number of methoxy groups -OCH3 is 1. The Balaban J connectivity index is 1.23. The van der Waals surface area contributed by atoms with Crippen LogP contribution < -0.4 is 4.74 Å². The van der Waals surface area contributed by atoms with Crippen LogP contribution in [0.3, 0.4) is 0 Å². The number of halogens is 1. The fourth-order valence-electron chi connectivity index (χ4n) is 5.23. The van der Waals surface area contributed by atoms with Gasteiger partial charge in [0, 0.05) is 54.5 Å². The maximum Gasteiger partial charge on any atom is 0.253 e. The molecule has 1 saturated heterocycles. The van der Waals surface area contributed by atoms with Gasteiger partial charge in [-0.3, -0.25) is 14.3 Å². The van der Waals surface area contributed by atoms with Crippen LogP contribution in [0.15, 0.2) is 73.1 Å². The Bertz CT molecular complexity index is 1500. The molecule has 0 N–H and O–H groups in total. The minimum absolute atomic E-state index is 0.0125. The summed E-state index contributed by atoms with van der Waals surface area (Å²) in [4.78, 5) is 28.4. The van der Waals surface area contributed by atoms with Crippen LogP contribution in [0.25, 0.3) is 11.1 Å². The number of carbonyl (C=O) groups excluding carboxylic acids is 2. The number of Topliss-reactive ketones (excluding diaryl/α,β-unsaturated/α-hetero) is 1. The van der Waals surface area contributed by atoms with Crippen molar-refractivity contribution in [2.45, 2.75) is 32.1 Å². The normalized spacial score (nSPS) is 13.9. The van der Waals surface area contributed by atoms with E-state index in [1.54, 1.807) is 25.3 Å². The van der Waals surface area contributed by atoms with Gasteiger partial charge in [-0.05, 0) is 78.3 Å². The summed E-state index contributed by atoms with van der Waals surface area (Å²) < 4.78 is 7.05. The number of rotatable bonds is 7. The van der Waals surface area contributed by atoms with Gasteiger partial charge in [0.15, 0.2) is 5.78 Å². The van der Waals surface area contributed by atoms with Crippen molar-refractivity contribution in [3.05, 3.63) is 106 Å². The molecule has 200 valence electrons. The van der Waals surface area contributed by atoms with E-state index in [1.807, 2.05) is 54.1 Å². The van der Waals surface area contributed by atoms with E-state index >= 15 is 0 Å². The summed E-state index contributed by atoms with van der Waals surface area (Å²) in [6.45, 7) is 3.37. The Morgan fingerprint density at radius 3 is 2.38 bits per heavy atom. The highest BCUT2D eigenvalue weighted by Crippen LogP contribution is 2.31. The quantitative estimate of drug-likeness (QED) is 0.250. The molecule has 0 spiro atoms. The van der Waals surface area contributed by atoms with Gasteiger partial charge in [-0.2, -0.15) is 5.10 Å². The van der Waals surface area contributed by atoms with Gasteiger partial charge in [0.2, 0.25) is 0 Å². The maximum atomic E-state index is 13.4. The number of ketones is 1. The number of ether oxygens (including phenoxy) is 1. The average Bonchev–Trinajstić information content (AvgIpc) is 3.39. The molecule has 0 unspecified atom stereocenters. The molecule has 3 aromatic carbocycles. The monoisotopic (exact) mass is 541 g/mol. The van der Waals surface area contributed by atoms with Gasteiger partial charge < -0.3 is 9.64 Å². The van der Waals surface area contributed by atoms with Gasteiger partial charge in [-0.15, -0.1) is 0 Å². The van der Waals surface area contributed by atoms with Crippen molar-refractivity contribution in [1.82, 2.24) is 14.7 Å². The number of amides is 1. The number of carbonyl (C=O) groups is 2. The third-order valence-electron chi connectivity index (χ3n) is 7.58. The van der Waals surface area contributed by atoms with Crippen LogP contribution >= 0.6 is 11.6 Å². The molecule has 4 aromatic rings. The molecule has 1 aromatic heterocycles. The lowest BCUT2D eigenvalue weighted by molar-refractivity contribution is 0.0712. The van der Waals surface area contributed by atoms with E-state index in [2.05, 4.69) is 29.4 Å². The third-order valence-corrected chi connectivity index (χ3v) is 7.80.